The van der Waals surface area contributed by atoms with E-state index in [1.807, 2.05) is 37.3 Å². The SMILES string of the molecule is CCN(CC(=O)N(C)C)C(=O)C(C(N)=S)c1ccccc1. The Morgan fingerprint density at radius 3 is 2.24 bits per heavy atom. The van der Waals surface area contributed by atoms with Gasteiger partial charge >= 0.3 is 0 Å². The van der Waals surface area contributed by atoms with Gasteiger partial charge in [-0.1, -0.05) is 42.5 Å². The molecule has 0 saturated carbocycles. The fourth-order valence-corrected chi connectivity index (χ4v) is 2.14. The molecule has 0 aliphatic rings. The van der Waals surface area contributed by atoms with Crippen LogP contribution in [-0.4, -0.2) is 53.8 Å². The van der Waals surface area contributed by atoms with E-state index in [4.69, 9.17) is 18.0 Å². The van der Waals surface area contributed by atoms with Gasteiger partial charge in [0.05, 0.1) is 11.5 Å². The van der Waals surface area contributed by atoms with Crippen LogP contribution < -0.4 is 5.73 Å². The minimum absolute atomic E-state index is 0.0221. The van der Waals surface area contributed by atoms with E-state index in [0.29, 0.717) is 6.54 Å². The van der Waals surface area contributed by atoms with Gasteiger partial charge in [0.25, 0.3) is 0 Å². The van der Waals surface area contributed by atoms with Crippen molar-refractivity contribution in [2.75, 3.05) is 27.2 Å². The molecule has 0 aromatic heterocycles. The van der Waals surface area contributed by atoms with Crippen LogP contribution in [0.4, 0.5) is 0 Å². The van der Waals surface area contributed by atoms with Gasteiger partial charge < -0.3 is 15.5 Å². The summed E-state index contributed by atoms with van der Waals surface area (Å²) in [5, 5.41) is 0. The number of hydrogen-bond acceptors (Lipinski definition) is 3. The third kappa shape index (κ3) is 4.53. The highest BCUT2D eigenvalue weighted by Crippen LogP contribution is 2.19. The molecule has 1 rings (SSSR count). The largest absolute Gasteiger partial charge is 0.392 e. The van der Waals surface area contributed by atoms with Gasteiger partial charge in [-0.15, -0.1) is 0 Å². The van der Waals surface area contributed by atoms with Gasteiger partial charge in [0, 0.05) is 20.6 Å². The van der Waals surface area contributed by atoms with Gasteiger partial charge in [-0.25, -0.2) is 0 Å². The molecule has 2 amide bonds. The minimum atomic E-state index is -0.698. The lowest BCUT2D eigenvalue weighted by Crippen LogP contribution is -2.44. The van der Waals surface area contributed by atoms with Gasteiger partial charge in [0.15, 0.2) is 0 Å². The summed E-state index contributed by atoms with van der Waals surface area (Å²) >= 11 is 5.04. The highest BCUT2D eigenvalue weighted by molar-refractivity contribution is 7.80. The molecule has 0 saturated heterocycles. The lowest BCUT2D eigenvalue weighted by atomic mass is 9.97. The maximum atomic E-state index is 12.7. The lowest BCUT2D eigenvalue weighted by molar-refractivity contribution is -0.139. The number of nitrogens with two attached hydrogens (primary N) is 1. The predicted octanol–water partition coefficient (Wildman–Crippen LogP) is 0.993. The molecule has 0 radical (unpaired) electrons. The van der Waals surface area contributed by atoms with Crippen LogP contribution in [0.3, 0.4) is 0 Å². The molecule has 1 aromatic carbocycles. The normalized spacial score (nSPS) is 11.6. The molecule has 2 N–H and O–H groups in total. The fourth-order valence-electron chi connectivity index (χ4n) is 1.91. The fraction of sp³-hybridized carbons (Fsp3) is 0.400. The Kier molecular flexibility index (Phi) is 6.30. The molecule has 0 heterocycles. The molecule has 114 valence electrons. The molecule has 0 spiro atoms. The zero-order chi connectivity index (χ0) is 16.0. The van der Waals surface area contributed by atoms with Crippen molar-refractivity contribution in [1.29, 1.82) is 0 Å². The molecular weight excluding hydrogens is 286 g/mol. The third-order valence-electron chi connectivity index (χ3n) is 3.18. The topological polar surface area (TPSA) is 66.6 Å². The number of benzene rings is 1. The summed E-state index contributed by atoms with van der Waals surface area (Å²) in [7, 11) is 3.31. The van der Waals surface area contributed by atoms with Crippen molar-refractivity contribution in [2.24, 2.45) is 5.73 Å². The molecule has 0 fully saturated rings. The van der Waals surface area contributed by atoms with E-state index in [9.17, 15) is 9.59 Å². The Morgan fingerprint density at radius 2 is 1.81 bits per heavy atom. The van der Waals surface area contributed by atoms with Gasteiger partial charge in [0.1, 0.15) is 5.92 Å². The Bertz CT molecular complexity index is 517. The van der Waals surface area contributed by atoms with E-state index < -0.39 is 5.92 Å². The molecule has 1 aromatic rings. The minimum Gasteiger partial charge on any atom is -0.392 e. The van der Waals surface area contributed by atoms with E-state index in [1.54, 1.807) is 14.1 Å². The Balaban J connectivity index is 2.99. The number of likely N-dealkylation sites (N-methyl/N-ethyl adjacent to an activating group) is 2. The van der Waals surface area contributed by atoms with E-state index in [2.05, 4.69) is 0 Å². The average Bonchev–Trinajstić information content (AvgIpc) is 2.45. The third-order valence-corrected chi connectivity index (χ3v) is 3.42. The van der Waals surface area contributed by atoms with E-state index in [-0.39, 0.29) is 23.3 Å². The first-order chi connectivity index (χ1) is 9.88. The number of carbonyl (C=O) groups is 2. The van der Waals surface area contributed by atoms with E-state index in [1.165, 1.54) is 9.80 Å². The molecule has 0 aliphatic heterocycles. The number of rotatable bonds is 6. The first kappa shape index (κ1) is 17.1. The highest BCUT2D eigenvalue weighted by Gasteiger charge is 2.28. The van der Waals surface area contributed by atoms with Gasteiger partial charge in [0.2, 0.25) is 11.8 Å². The van der Waals surface area contributed by atoms with Gasteiger partial charge in [-0.2, -0.15) is 0 Å². The van der Waals surface area contributed by atoms with Crippen LogP contribution in [0.25, 0.3) is 0 Å². The van der Waals surface area contributed by atoms with E-state index in [0.717, 1.165) is 5.56 Å². The Labute approximate surface area is 130 Å². The maximum Gasteiger partial charge on any atom is 0.241 e. The molecule has 1 unspecified atom stereocenters. The smallest absolute Gasteiger partial charge is 0.241 e. The van der Waals surface area contributed by atoms with Crippen LogP contribution in [0.15, 0.2) is 30.3 Å². The van der Waals surface area contributed by atoms with Crippen molar-refractivity contribution in [2.45, 2.75) is 12.8 Å². The molecule has 5 nitrogen and oxygen atoms in total. The zero-order valence-electron chi connectivity index (χ0n) is 12.6. The van der Waals surface area contributed by atoms with Crippen LogP contribution in [-0.2, 0) is 9.59 Å². The van der Waals surface area contributed by atoms with Crippen molar-refractivity contribution in [1.82, 2.24) is 9.80 Å². The quantitative estimate of drug-likeness (QED) is 0.796. The molecule has 0 bridgehead atoms. The summed E-state index contributed by atoms with van der Waals surface area (Å²) in [4.78, 5) is 27.5. The van der Waals surface area contributed by atoms with Crippen LogP contribution in [0.5, 0.6) is 0 Å². The summed E-state index contributed by atoms with van der Waals surface area (Å²) in [6.07, 6.45) is 0. The molecular formula is C15H21N3O2S. The second-order valence-electron chi connectivity index (χ2n) is 4.89. The summed E-state index contributed by atoms with van der Waals surface area (Å²) in [6.45, 7) is 2.26. The van der Waals surface area contributed by atoms with Crippen LogP contribution in [0, 0.1) is 0 Å². The van der Waals surface area contributed by atoms with Crippen molar-refractivity contribution in [3.05, 3.63) is 35.9 Å². The second-order valence-corrected chi connectivity index (χ2v) is 5.36. The number of thiocarbonyl (C=S) groups is 1. The number of hydrogen-bond donors (Lipinski definition) is 1. The summed E-state index contributed by atoms with van der Waals surface area (Å²) in [6, 6.07) is 9.13. The number of carbonyl (C=O) groups excluding carboxylic acids is 2. The first-order valence-electron chi connectivity index (χ1n) is 6.71. The second kappa shape index (κ2) is 7.73. The summed E-state index contributed by atoms with van der Waals surface area (Å²) in [5.74, 6) is -1.08. The zero-order valence-corrected chi connectivity index (χ0v) is 13.4. The van der Waals surface area contributed by atoms with Crippen molar-refractivity contribution in [3.8, 4) is 0 Å². The van der Waals surface area contributed by atoms with Crippen LogP contribution >= 0.6 is 12.2 Å². The van der Waals surface area contributed by atoms with Gasteiger partial charge in [-0.05, 0) is 12.5 Å². The monoisotopic (exact) mass is 307 g/mol. The van der Waals surface area contributed by atoms with Crippen molar-refractivity contribution in [3.63, 3.8) is 0 Å². The molecule has 21 heavy (non-hydrogen) atoms. The Hall–Kier alpha value is -1.95. The standard InChI is InChI=1S/C15H21N3O2S/c1-4-18(10-12(19)17(2)3)15(20)13(14(16)21)11-8-6-5-7-9-11/h5-9,13H,4,10H2,1-3H3,(H2,16,21). The Morgan fingerprint density at radius 1 is 1.24 bits per heavy atom. The van der Waals surface area contributed by atoms with E-state index >= 15 is 0 Å². The van der Waals surface area contributed by atoms with Crippen molar-refractivity contribution >= 4 is 29.0 Å². The summed E-state index contributed by atoms with van der Waals surface area (Å²) < 4.78 is 0. The summed E-state index contributed by atoms with van der Waals surface area (Å²) in [5.41, 5.74) is 6.48. The first-order valence-corrected chi connectivity index (χ1v) is 7.12. The lowest BCUT2D eigenvalue weighted by Gasteiger charge is -2.26. The molecule has 0 aliphatic carbocycles. The molecule has 1 atom stereocenters. The maximum absolute atomic E-state index is 12.7. The van der Waals surface area contributed by atoms with Crippen LogP contribution in [0.2, 0.25) is 0 Å². The molecule has 6 heteroatoms. The average molecular weight is 307 g/mol. The van der Waals surface area contributed by atoms with Crippen molar-refractivity contribution < 1.29 is 9.59 Å². The van der Waals surface area contributed by atoms with Crippen LogP contribution in [0.1, 0.15) is 18.4 Å². The predicted molar refractivity (Wildman–Crippen MR) is 86.9 cm³/mol. The highest BCUT2D eigenvalue weighted by atomic mass is 32.1. The van der Waals surface area contributed by atoms with Gasteiger partial charge in [-0.3, -0.25) is 9.59 Å². The number of amides is 2. The number of nitrogens with zero attached hydrogens (tertiary/aromatic N) is 2.